The quantitative estimate of drug-likeness (QED) is 0.0763. The number of rotatable bonds is 9. The smallest absolute Gasteiger partial charge is 0.399 e. The molecule has 116 heavy (non-hydrogen) atoms. The second kappa shape index (κ2) is 28.6. The molecule has 3 aliphatic rings. The van der Waals surface area contributed by atoms with E-state index in [0.717, 1.165) is 149 Å². The van der Waals surface area contributed by atoms with Gasteiger partial charge >= 0.3 is 21.4 Å². The minimum absolute atomic E-state index is 0.372. The van der Waals surface area contributed by atoms with Crippen LogP contribution in [-0.4, -0.2) is 94.8 Å². The maximum atomic E-state index is 6.28. The van der Waals surface area contributed by atoms with Crippen molar-refractivity contribution in [2.24, 2.45) is 0 Å². The Bertz CT molecular complexity index is 6860. The Morgan fingerprint density at radius 1 is 0.250 bits per heavy atom. The first-order valence-corrected chi connectivity index (χ1v) is 40.3. The monoisotopic (exact) mass is 1530 g/mol. The molecule has 0 aliphatic carbocycles. The summed E-state index contributed by atoms with van der Waals surface area (Å²) >= 11 is 1.82. The highest BCUT2D eigenvalue weighted by Crippen LogP contribution is 2.44. The topological polar surface area (TPSA) is 159 Å². The van der Waals surface area contributed by atoms with Crippen LogP contribution >= 0.6 is 11.3 Å². The van der Waals surface area contributed by atoms with E-state index < -0.39 is 14.2 Å². The zero-order valence-corrected chi connectivity index (χ0v) is 67.6. The van der Waals surface area contributed by atoms with Crippen LogP contribution in [0.3, 0.4) is 0 Å². The fraction of sp³-hybridized carbons (Fsp3) is 0.184. The van der Waals surface area contributed by atoms with Crippen LogP contribution in [0.2, 0.25) is 0 Å². The lowest BCUT2D eigenvalue weighted by molar-refractivity contribution is 0.00578. The van der Waals surface area contributed by atoms with Gasteiger partial charge in [-0.3, -0.25) is 9.97 Å². The zero-order chi connectivity index (χ0) is 79.6. The number of thiophene rings is 1. The van der Waals surface area contributed by atoms with Gasteiger partial charge in [0.1, 0.15) is 0 Å². The van der Waals surface area contributed by atoms with Crippen molar-refractivity contribution in [3.63, 3.8) is 0 Å². The second-order valence-corrected chi connectivity index (χ2v) is 34.4. The van der Waals surface area contributed by atoms with Gasteiger partial charge in [0.15, 0.2) is 17.5 Å². The van der Waals surface area contributed by atoms with E-state index in [1.54, 1.807) is 0 Å². The maximum absolute atomic E-state index is 6.28. The van der Waals surface area contributed by atoms with E-state index in [1.165, 1.54) is 20.2 Å². The number of aromatic nitrogens is 8. The highest BCUT2D eigenvalue weighted by Gasteiger charge is 2.54. The summed E-state index contributed by atoms with van der Waals surface area (Å²) in [5, 5.41) is 12.3. The summed E-state index contributed by atoms with van der Waals surface area (Å²) in [6.07, 6.45) is 3.62. The van der Waals surface area contributed by atoms with Crippen LogP contribution in [-0.2, 0) is 27.9 Å². The molecule has 0 amide bonds. The van der Waals surface area contributed by atoms with E-state index in [4.69, 9.17) is 57.8 Å². The number of fused-ring (bicyclic) bond motifs is 11. The van der Waals surface area contributed by atoms with Crippen LogP contribution in [0.5, 0.6) is 0 Å². The third kappa shape index (κ3) is 13.5. The normalized spacial score (nSPS) is 16.4. The molecule has 3 aliphatic heterocycles. The van der Waals surface area contributed by atoms with Crippen molar-refractivity contribution >= 4 is 145 Å². The van der Waals surface area contributed by atoms with Gasteiger partial charge in [0.25, 0.3) is 0 Å². The van der Waals surface area contributed by atoms with Crippen LogP contribution in [0.15, 0.2) is 285 Å². The van der Waals surface area contributed by atoms with Crippen molar-refractivity contribution in [3.8, 4) is 67.9 Å². The molecule has 0 unspecified atom stereocenters. The SMILES string of the molecule is CC1(C)OB(c2ccc(-c3nc(-c4ccc5ncccc5c4)nc4ccc5ccccc5c34)cc2)OC1(C)C.CC1(C)OB(c2ccc(-c3nc(-c4ccc5sc6ccccc6c5c4)nc4ccccc34)cc2)OC1(C)C.CC1(C)OB(c2ccc(-c3nc(-c4cccc5ncccc45)nc4cc5ccccc5cc34)cc2)OC1(C)C. The molecule has 566 valence electrons. The molecule has 12 aromatic carbocycles. The summed E-state index contributed by atoms with van der Waals surface area (Å²) in [6, 6.07) is 94.1. The average molecular weight is 1530 g/mol. The minimum atomic E-state index is -0.409. The number of nitrogens with zero attached hydrogens (tertiary/aromatic N) is 8. The Hall–Kier alpha value is -11.8. The number of benzene rings is 12. The van der Waals surface area contributed by atoms with Gasteiger partial charge in [0.05, 0.1) is 78.3 Å². The fourth-order valence-corrected chi connectivity index (χ4v) is 16.6. The minimum Gasteiger partial charge on any atom is -0.399 e. The summed E-state index contributed by atoms with van der Waals surface area (Å²) in [4.78, 5) is 39.5. The third-order valence-corrected chi connectivity index (χ3v) is 25.4. The van der Waals surface area contributed by atoms with Crippen molar-refractivity contribution < 1.29 is 27.9 Å². The first-order chi connectivity index (χ1) is 55.9. The number of pyridine rings is 2. The Morgan fingerprint density at radius 3 is 1.29 bits per heavy atom. The van der Waals surface area contributed by atoms with Crippen molar-refractivity contribution in [1.29, 1.82) is 0 Å². The van der Waals surface area contributed by atoms with Gasteiger partial charge in [-0.25, -0.2) is 29.9 Å². The fourth-order valence-electron chi connectivity index (χ4n) is 15.5. The van der Waals surface area contributed by atoms with E-state index in [-0.39, 0.29) is 40.7 Å². The molecule has 3 fully saturated rings. The Balaban J connectivity index is 0.000000116. The van der Waals surface area contributed by atoms with E-state index in [0.29, 0.717) is 11.6 Å². The second-order valence-electron chi connectivity index (χ2n) is 33.3. The van der Waals surface area contributed by atoms with Gasteiger partial charge < -0.3 is 27.9 Å². The number of hydrogen-bond donors (Lipinski definition) is 0. The van der Waals surface area contributed by atoms with Crippen molar-refractivity contribution in [2.75, 3.05) is 0 Å². The standard InChI is InChI=1S/2C33H28BN3O2.C32H27BN2O2S/c1-32(2)33(3,4)39-34(38-32)24-16-14-21(15-17-24)30-27-19-22-9-5-6-10-23(22)20-29(27)36-31(37-30)26-11-7-13-28-25(26)12-8-18-35-28;1-32(2)33(3,4)39-34(38-32)25-15-11-22(12-16-25)30-29-26-10-6-5-8-21(26)13-18-28(29)36-31(37-30)24-14-17-27-23(20-24)9-7-19-35-27;1-31(2)32(3,4)37-33(36-31)22-16-13-20(14-17-22)29-24-10-5-7-11-26(24)34-30(35-29)21-15-18-28-25(19-21)23-9-6-8-12-27(23)38-28/h2*5-20H,1-4H3;5-19H,1-4H3. The van der Waals surface area contributed by atoms with Crippen molar-refractivity contribution in [1.82, 2.24) is 39.9 Å². The largest absolute Gasteiger partial charge is 0.494 e. The highest BCUT2D eigenvalue weighted by atomic mass is 32.1. The molecule has 0 radical (unpaired) electrons. The first kappa shape index (κ1) is 74.3. The van der Waals surface area contributed by atoms with Gasteiger partial charge in [0.2, 0.25) is 0 Å². The van der Waals surface area contributed by atoms with Gasteiger partial charge in [-0.05, 0) is 206 Å². The van der Waals surface area contributed by atoms with Crippen molar-refractivity contribution in [2.45, 2.75) is 117 Å². The van der Waals surface area contributed by atoms with Gasteiger partial charge in [-0.2, -0.15) is 0 Å². The van der Waals surface area contributed by atoms with E-state index >= 15 is 0 Å². The summed E-state index contributed by atoms with van der Waals surface area (Å²) in [6.45, 7) is 24.9. The molecule has 9 heterocycles. The lowest BCUT2D eigenvalue weighted by atomic mass is 9.78. The summed E-state index contributed by atoms with van der Waals surface area (Å²) < 4.78 is 40.2. The Morgan fingerprint density at radius 2 is 0.672 bits per heavy atom. The molecule has 0 bridgehead atoms. The third-order valence-electron chi connectivity index (χ3n) is 24.3. The van der Waals surface area contributed by atoms with E-state index in [1.807, 2.05) is 72.3 Å². The predicted octanol–water partition coefficient (Wildman–Crippen LogP) is 21.6. The molecule has 6 aromatic heterocycles. The van der Waals surface area contributed by atoms with Crippen LogP contribution in [0.1, 0.15) is 83.1 Å². The van der Waals surface area contributed by atoms with Gasteiger partial charge in [-0.15, -0.1) is 11.3 Å². The van der Waals surface area contributed by atoms with E-state index in [2.05, 4.69) is 318 Å². The molecule has 3 saturated heterocycles. The predicted molar refractivity (Wildman–Crippen MR) is 477 cm³/mol. The molecule has 21 rings (SSSR count). The lowest BCUT2D eigenvalue weighted by Gasteiger charge is -2.32. The zero-order valence-electron chi connectivity index (χ0n) is 66.8. The van der Waals surface area contributed by atoms with Gasteiger partial charge in [0, 0.05) is 92.9 Å². The van der Waals surface area contributed by atoms with Crippen LogP contribution < -0.4 is 16.4 Å². The first-order valence-electron chi connectivity index (χ1n) is 39.5. The number of hydrogen-bond acceptors (Lipinski definition) is 15. The molecule has 18 heteroatoms. The molecular formula is C98H83B3N8O6S. The van der Waals surface area contributed by atoms with E-state index in [9.17, 15) is 0 Å². The maximum Gasteiger partial charge on any atom is 0.494 e. The Labute approximate surface area is 678 Å². The molecule has 0 atom stereocenters. The summed E-state index contributed by atoms with van der Waals surface area (Å²) in [5.41, 5.74) is 14.0. The van der Waals surface area contributed by atoms with Crippen LogP contribution in [0.25, 0.3) is 164 Å². The van der Waals surface area contributed by atoms with Gasteiger partial charge in [-0.1, -0.05) is 188 Å². The molecule has 0 saturated carbocycles. The van der Waals surface area contributed by atoms with Crippen molar-refractivity contribution in [3.05, 3.63) is 285 Å². The molecule has 0 N–H and O–H groups in total. The molecule has 0 spiro atoms. The highest BCUT2D eigenvalue weighted by molar-refractivity contribution is 7.25. The van der Waals surface area contributed by atoms with Crippen LogP contribution in [0.4, 0.5) is 0 Å². The Kier molecular flexibility index (Phi) is 18.3. The number of para-hydroxylation sites is 1. The molecular weight excluding hydrogens is 1450 g/mol. The molecule has 14 nitrogen and oxygen atoms in total. The summed E-state index contributed by atoms with van der Waals surface area (Å²) in [7, 11) is -1.21. The summed E-state index contributed by atoms with van der Waals surface area (Å²) in [5.74, 6) is 2.10. The van der Waals surface area contributed by atoms with Crippen LogP contribution in [0, 0.1) is 0 Å². The molecule has 18 aromatic rings. The average Bonchev–Trinajstić information content (AvgIpc) is 1.12. The lowest BCUT2D eigenvalue weighted by Crippen LogP contribution is -2.41.